The van der Waals surface area contributed by atoms with Gasteiger partial charge in [0.2, 0.25) is 10.0 Å². The summed E-state index contributed by atoms with van der Waals surface area (Å²) in [6.45, 7) is 2.78. The zero-order valence-corrected chi connectivity index (χ0v) is 17.7. The maximum absolute atomic E-state index is 13.1. The maximum Gasteiger partial charge on any atom is 0.329 e. The zero-order valence-electron chi connectivity index (χ0n) is 16.9. The summed E-state index contributed by atoms with van der Waals surface area (Å²) in [5.74, 6) is 0.320. The van der Waals surface area contributed by atoms with E-state index in [4.69, 9.17) is 9.47 Å². The van der Waals surface area contributed by atoms with Crippen molar-refractivity contribution >= 4 is 16.0 Å². The van der Waals surface area contributed by atoms with Crippen LogP contribution < -0.4 is 9.46 Å². The SMILES string of the molecule is COc1ccc(S(=O)(=O)NC(C(=O)O[C@H]2CN3CCC2CC3)c2ccccc2)cc1. The van der Waals surface area contributed by atoms with E-state index in [1.165, 1.54) is 19.2 Å². The lowest BCUT2D eigenvalue weighted by atomic mass is 9.86. The third-order valence-corrected chi connectivity index (χ3v) is 7.31. The van der Waals surface area contributed by atoms with E-state index in [-0.39, 0.29) is 11.0 Å². The molecule has 2 bridgehead atoms. The van der Waals surface area contributed by atoms with E-state index in [1.807, 2.05) is 6.07 Å². The number of fused-ring (bicyclic) bond motifs is 3. The molecule has 0 amide bonds. The summed E-state index contributed by atoms with van der Waals surface area (Å²) in [5.41, 5.74) is 0.542. The van der Waals surface area contributed by atoms with Crippen molar-refractivity contribution in [2.24, 2.45) is 5.92 Å². The molecule has 0 aromatic heterocycles. The van der Waals surface area contributed by atoms with Gasteiger partial charge in [0.15, 0.2) is 0 Å². The highest BCUT2D eigenvalue weighted by atomic mass is 32.2. The molecule has 3 saturated heterocycles. The number of carbonyl (C=O) groups excluding carboxylic acids is 1. The molecule has 3 aliphatic heterocycles. The predicted octanol–water partition coefficient (Wildman–Crippen LogP) is 2.35. The first kappa shape index (κ1) is 20.8. The fourth-order valence-electron chi connectivity index (χ4n) is 4.14. The Morgan fingerprint density at radius 3 is 2.30 bits per heavy atom. The maximum atomic E-state index is 13.1. The number of nitrogens with one attached hydrogen (secondary N) is 1. The van der Waals surface area contributed by atoms with Gasteiger partial charge >= 0.3 is 5.97 Å². The van der Waals surface area contributed by atoms with Crippen molar-refractivity contribution in [3.63, 3.8) is 0 Å². The number of benzene rings is 2. The second-order valence-electron chi connectivity index (χ2n) is 7.75. The van der Waals surface area contributed by atoms with Crippen molar-refractivity contribution in [1.82, 2.24) is 9.62 Å². The van der Waals surface area contributed by atoms with Gasteiger partial charge in [-0.15, -0.1) is 0 Å². The molecule has 160 valence electrons. The molecule has 3 aliphatic rings. The molecule has 1 N–H and O–H groups in total. The molecule has 3 heterocycles. The largest absolute Gasteiger partial charge is 0.497 e. The van der Waals surface area contributed by atoms with Gasteiger partial charge in [-0.3, -0.25) is 4.90 Å². The van der Waals surface area contributed by atoms with E-state index in [2.05, 4.69) is 9.62 Å². The monoisotopic (exact) mass is 430 g/mol. The van der Waals surface area contributed by atoms with Gasteiger partial charge in [0.25, 0.3) is 0 Å². The van der Waals surface area contributed by atoms with Gasteiger partial charge in [0.1, 0.15) is 17.9 Å². The molecule has 3 fully saturated rings. The minimum atomic E-state index is -3.95. The van der Waals surface area contributed by atoms with Crippen molar-refractivity contribution in [2.45, 2.75) is 29.9 Å². The molecule has 0 spiro atoms. The molecular formula is C22H26N2O5S. The van der Waals surface area contributed by atoms with Gasteiger partial charge in [-0.2, -0.15) is 4.72 Å². The molecule has 2 aromatic rings. The second-order valence-corrected chi connectivity index (χ2v) is 9.47. The molecular weight excluding hydrogens is 404 g/mol. The van der Waals surface area contributed by atoms with Crippen LogP contribution in [0.3, 0.4) is 0 Å². The Morgan fingerprint density at radius 2 is 1.73 bits per heavy atom. The number of carbonyl (C=O) groups is 1. The van der Waals surface area contributed by atoms with E-state index >= 15 is 0 Å². The highest BCUT2D eigenvalue weighted by molar-refractivity contribution is 7.89. The number of methoxy groups -OCH3 is 1. The summed E-state index contributed by atoms with van der Waals surface area (Å²) in [7, 11) is -2.43. The van der Waals surface area contributed by atoms with Gasteiger partial charge in [0.05, 0.1) is 12.0 Å². The first-order chi connectivity index (χ1) is 14.5. The van der Waals surface area contributed by atoms with Crippen molar-refractivity contribution < 1.29 is 22.7 Å². The molecule has 7 nitrogen and oxygen atoms in total. The normalized spacial score (nSPS) is 24.2. The highest BCUT2D eigenvalue weighted by Crippen LogP contribution is 2.31. The van der Waals surface area contributed by atoms with Crippen LogP contribution in [0.2, 0.25) is 0 Å². The van der Waals surface area contributed by atoms with Crippen LogP contribution in [0, 0.1) is 5.92 Å². The number of nitrogens with zero attached hydrogens (tertiary/aromatic N) is 1. The summed E-state index contributed by atoms with van der Waals surface area (Å²) in [6.07, 6.45) is 1.81. The van der Waals surface area contributed by atoms with Crippen LogP contribution in [-0.4, -0.2) is 52.1 Å². The lowest BCUT2D eigenvalue weighted by Gasteiger charge is -2.44. The van der Waals surface area contributed by atoms with Crippen LogP contribution in [0.15, 0.2) is 59.5 Å². The first-order valence-electron chi connectivity index (χ1n) is 10.1. The Balaban J connectivity index is 1.56. The number of esters is 1. The first-order valence-corrected chi connectivity index (χ1v) is 11.6. The standard InChI is InChI=1S/C22H26N2O5S/c1-28-18-7-9-19(10-8-18)30(26,27)23-21(17-5-3-2-4-6-17)22(25)29-20-15-24-13-11-16(20)12-14-24/h2-10,16,20-21,23H,11-15H2,1H3/t20-,21?/m0/s1. The average Bonchev–Trinajstić information content (AvgIpc) is 2.79. The third kappa shape index (κ3) is 4.50. The Morgan fingerprint density at radius 1 is 1.07 bits per heavy atom. The van der Waals surface area contributed by atoms with Crippen LogP contribution in [-0.2, 0) is 19.6 Å². The van der Waals surface area contributed by atoms with Gasteiger partial charge in [-0.05, 0) is 61.7 Å². The van der Waals surface area contributed by atoms with Gasteiger partial charge in [0, 0.05) is 6.54 Å². The van der Waals surface area contributed by atoms with Crippen LogP contribution in [0.1, 0.15) is 24.4 Å². The van der Waals surface area contributed by atoms with E-state index in [0.29, 0.717) is 23.8 Å². The van der Waals surface area contributed by atoms with Crippen LogP contribution >= 0.6 is 0 Å². The fourth-order valence-corrected chi connectivity index (χ4v) is 5.31. The molecule has 8 heteroatoms. The number of piperidine rings is 3. The molecule has 0 aliphatic carbocycles. The number of rotatable bonds is 7. The van der Waals surface area contributed by atoms with Gasteiger partial charge in [-0.1, -0.05) is 30.3 Å². The molecule has 0 radical (unpaired) electrons. The van der Waals surface area contributed by atoms with Gasteiger partial charge < -0.3 is 9.47 Å². The summed E-state index contributed by atoms with van der Waals surface area (Å²) >= 11 is 0. The van der Waals surface area contributed by atoms with E-state index in [1.54, 1.807) is 36.4 Å². The van der Waals surface area contributed by atoms with E-state index in [9.17, 15) is 13.2 Å². The average molecular weight is 431 g/mol. The Kier molecular flexibility index (Phi) is 6.08. The highest BCUT2D eigenvalue weighted by Gasteiger charge is 2.38. The quantitative estimate of drug-likeness (QED) is 0.679. The zero-order chi connectivity index (χ0) is 21.1. The van der Waals surface area contributed by atoms with E-state index in [0.717, 1.165) is 25.9 Å². The van der Waals surface area contributed by atoms with Crippen molar-refractivity contribution in [2.75, 3.05) is 26.7 Å². The Bertz CT molecular complexity index is 970. The molecule has 30 heavy (non-hydrogen) atoms. The smallest absolute Gasteiger partial charge is 0.329 e. The van der Waals surface area contributed by atoms with E-state index < -0.39 is 22.0 Å². The lowest BCUT2D eigenvalue weighted by molar-refractivity contribution is -0.161. The van der Waals surface area contributed by atoms with Crippen LogP contribution in [0.4, 0.5) is 0 Å². The third-order valence-electron chi connectivity index (χ3n) is 5.88. The number of hydrogen-bond donors (Lipinski definition) is 1. The summed E-state index contributed by atoms with van der Waals surface area (Å²) < 4.78 is 39.4. The Labute approximate surface area is 177 Å². The molecule has 5 rings (SSSR count). The summed E-state index contributed by atoms with van der Waals surface area (Å²) in [5, 5.41) is 0. The van der Waals surface area contributed by atoms with Crippen molar-refractivity contribution in [3.8, 4) is 5.75 Å². The van der Waals surface area contributed by atoms with Crippen molar-refractivity contribution in [3.05, 3.63) is 60.2 Å². The van der Waals surface area contributed by atoms with Crippen molar-refractivity contribution in [1.29, 1.82) is 0 Å². The molecule has 0 saturated carbocycles. The summed E-state index contributed by atoms with van der Waals surface area (Å²) in [4.78, 5) is 15.5. The minimum Gasteiger partial charge on any atom is -0.497 e. The summed E-state index contributed by atoms with van der Waals surface area (Å²) in [6, 6.07) is 13.7. The number of sulfonamides is 1. The molecule has 2 aromatic carbocycles. The van der Waals surface area contributed by atoms with Crippen LogP contribution in [0.25, 0.3) is 0 Å². The fraction of sp³-hybridized carbons (Fsp3) is 0.409. The van der Waals surface area contributed by atoms with Gasteiger partial charge in [-0.25, -0.2) is 13.2 Å². The number of hydrogen-bond acceptors (Lipinski definition) is 6. The molecule has 2 atom stereocenters. The Hall–Kier alpha value is -2.42. The second kappa shape index (κ2) is 8.75. The van der Waals surface area contributed by atoms with Crippen LogP contribution in [0.5, 0.6) is 5.75 Å². The molecule has 1 unspecified atom stereocenters. The lowest BCUT2D eigenvalue weighted by Crippen LogP contribution is -2.52. The number of ether oxygens (including phenoxy) is 2. The minimum absolute atomic E-state index is 0.0554. The topological polar surface area (TPSA) is 84.9 Å². The predicted molar refractivity (Wildman–Crippen MR) is 112 cm³/mol.